The SMILES string of the molecule is C[C@@H](CC1CCC(c2ccc(C3CCC(O)CC3)cc2)CC1)c1ccccc1. The number of hydrogen-bond donors (Lipinski definition) is 1. The van der Waals surface area contributed by atoms with Gasteiger partial charge in [-0.3, -0.25) is 0 Å². The normalized spacial score (nSPS) is 29.4. The zero-order valence-electron chi connectivity index (χ0n) is 17.4. The third-order valence-corrected chi connectivity index (χ3v) is 7.48. The Kier molecular flexibility index (Phi) is 6.52. The van der Waals surface area contributed by atoms with Crippen molar-refractivity contribution >= 4 is 0 Å². The van der Waals surface area contributed by atoms with Crippen molar-refractivity contribution < 1.29 is 5.11 Å². The highest BCUT2D eigenvalue weighted by Gasteiger charge is 2.25. The minimum absolute atomic E-state index is 0.0599. The van der Waals surface area contributed by atoms with E-state index >= 15 is 0 Å². The minimum atomic E-state index is -0.0599. The molecule has 0 heterocycles. The van der Waals surface area contributed by atoms with Gasteiger partial charge in [-0.1, -0.05) is 61.5 Å². The molecular weight excluding hydrogens is 340 g/mol. The first-order valence-electron chi connectivity index (χ1n) is 11.5. The van der Waals surface area contributed by atoms with Gasteiger partial charge in [0.05, 0.1) is 6.10 Å². The van der Waals surface area contributed by atoms with Gasteiger partial charge in [0.2, 0.25) is 0 Å². The summed E-state index contributed by atoms with van der Waals surface area (Å²) in [6.45, 7) is 2.39. The second-order valence-corrected chi connectivity index (χ2v) is 9.44. The molecule has 0 radical (unpaired) electrons. The third-order valence-electron chi connectivity index (χ3n) is 7.48. The van der Waals surface area contributed by atoms with Crippen LogP contribution in [0.5, 0.6) is 0 Å². The minimum Gasteiger partial charge on any atom is -0.393 e. The highest BCUT2D eigenvalue weighted by molar-refractivity contribution is 5.28. The van der Waals surface area contributed by atoms with Crippen LogP contribution in [0.3, 0.4) is 0 Å². The van der Waals surface area contributed by atoms with E-state index in [0.29, 0.717) is 11.8 Å². The molecule has 0 spiro atoms. The van der Waals surface area contributed by atoms with Gasteiger partial charge in [-0.15, -0.1) is 0 Å². The zero-order chi connectivity index (χ0) is 19.3. The van der Waals surface area contributed by atoms with E-state index in [1.54, 1.807) is 5.56 Å². The van der Waals surface area contributed by atoms with Gasteiger partial charge in [0.1, 0.15) is 0 Å². The lowest BCUT2D eigenvalue weighted by Crippen LogP contribution is -2.17. The van der Waals surface area contributed by atoms with Crippen LogP contribution < -0.4 is 0 Å². The lowest BCUT2D eigenvalue weighted by molar-refractivity contribution is 0.122. The van der Waals surface area contributed by atoms with Gasteiger partial charge < -0.3 is 5.11 Å². The summed E-state index contributed by atoms with van der Waals surface area (Å²) in [5.74, 6) is 2.98. The molecule has 150 valence electrons. The van der Waals surface area contributed by atoms with Gasteiger partial charge in [0.15, 0.2) is 0 Å². The van der Waals surface area contributed by atoms with E-state index in [-0.39, 0.29) is 6.10 Å². The summed E-state index contributed by atoms with van der Waals surface area (Å²) in [4.78, 5) is 0. The second kappa shape index (κ2) is 9.27. The second-order valence-electron chi connectivity index (χ2n) is 9.44. The van der Waals surface area contributed by atoms with Crippen LogP contribution in [0.2, 0.25) is 0 Å². The van der Waals surface area contributed by atoms with Gasteiger partial charge in [-0.2, -0.15) is 0 Å². The molecule has 0 aromatic heterocycles. The van der Waals surface area contributed by atoms with E-state index in [0.717, 1.165) is 37.5 Å². The maximum absolute atomic E-state index is 9.73. The fourth-order valence-corrected chi connectivity index (χ4v) is 5.60. The molecule has 2 saturated carbocycles. The molecular formula is C27H36O. The van der Waals surface area contributed by atoms with Crippen molar-refractivity contribution in [1.82, 2.24) is 0 Å². The Morgan fingerprint density at radius 2 is 1.21 bits per heavy atom. The van der Waals surface area contributed by atoms with Crippen LogP contribution in [0.1, 0.15) is 99.2 Å². The number of aliphatic hydroxyl groups excluding tert-OH is 1. The topological polar surface area (TPSA) is 20.2 Å². The average molecular weight is 377 g/mol. The molecule has 2 aromatic carbocycles. The number of rotatable bonds is 5. The highest BCUT2D eigenvalue weighted by atomic mass is 16.3. The van der Waals surface area contributed by atoms with Crippen LogP contribution in [0.15, 0.2) is 54.6 Å². The average Bonchev–Trinajstić information content (AvgIpc) is 2.76. The summed E-state index contributed by atoms with van der Waals surface area (Å²) >= 11 is 0. The van der Waals surface area contributed by atoms with Crippen LogP contribution >= 0.6 is 0 Å². The molecule has 0 amide bonds. The molecule has 2 aliphatic rings. The van der Waals surface area contributed by atoms with Crippen molar-refractivity contribution in [3.63, 3.8) is 0 Å². The molecule has 1 heteroatoms. The van der Waals surface area contributed by atoms with Crippen LogP contribution in [-0.2, 0) is 0 Å². The van der Waals surface area contributed by atoms with Crippen molar-refractivity contribution in [2.45, 2.75) is 88.6 Å². The lowest BCUT2D eigenvalue weighted by Gasteiger charge is -2.31. The predicted molar refractivity (Wildman–Crippen MR) is 118 cm³/mol. The molecule has 2 fully saturated rings. The standard InChI is InChI=1S/C27H36O/c1-20(22-5-3-2-4-6-22)19-21-7-9-23(10-8-21)24-11-13-25(14-12-24)26-15-17-27(28)18-16-26/h2-6,11-14,20-21,23,26-28H,7-10,15-19H2,1H3/t20-,21?,23?,26?,27?/m0/s1. The molecule has 2 aromatic rings. The van der Waals surface area contributed by atoms with E-state index in [9.17, 15) is 5.11 Å². The van der Waals surface area contributed by atoms with Gasteiger partial charge in [0, 0.05) is 0 Å². The van der Waals surface area contributed by atoms with Gasteiger partial charge in [-0.05, 0) is 98.1 Å². The van der Waals surface area contributed by atoms with Crippen molar-refractivity contribution in [2.24, 2.45) is 5.92 Å². The summed E-state index contributed by atoms with van der Waals surface area (Å²) in [5, 5.41) is 9.73. The fraction of sp³-hybridized carbons (Fsp3) is 0.556. The van der Waals surface area contributed by atoms with Crippen LogP contribution in [-0.4, -0.2) is 11.2 Å². The Morgan fingerprint density at radius 1 is 0.714 bits per heavy atom. The molecule has 4 rings (SSSR count). The van der Waals surface area contributed by atoms with E-state index in [4.69, 9.17) is 0 Å². The van der Waals surface area contributed by atoms with Crippen LogP contribution in [0.25, 0.3) is 0 Å². The van der Waals surface area contributed by atoms with Gasteiger partial charge >= 0.3 is 0 Å². The molecule has 0 aliphatic heterocycles. The Bertz CT molecular complexity index is 704. The van der Waals surface area contributed by atoms with E-state index in [1.807, 2.05) is 0 Å². The third kappa shape index (κ3) is 4.87. The van der Waals surface area contributed by atoms with E-state index < -0.39 is 0 Å². The summed E-state index contributed by atoms with van der Waals surface area (Å²) in [5.41, 5.74) is 4.53. The Hall–Kier alpha value is -1.60. The van der Waals surface area contributed by atoms with Crippen molar-refractivity contribution in [2.75, 3.05) is 0 Å². The van der Waals surface area contributed by atoms with Crippen molar-refractivity contribution in [3.05, 3.63) is 71.3 Å². The maximum atomic E-state index is 9.73. The summed E-state index contributed by atoms with van der Waals surface area (Å²) in [6.07, 6.45) is 11.0. The Balaban J connectivity index is 1.28. The molecule has 0 unspecified atom stereocenters. The maximum Gasteiger partial charge on any atom is 0.0540 e. The van der Waals surface area contributed by atoms with E-state index in [2.05, 4.69) is 61.5 Å². The molecule has 1 nitrogen and oxygen atoms in total. The van der Waals surface area contributed by atoms with Crippen LogP contribution in [0.4, 0.5) is 0 Å². The van der Waals surface area contributed by atoms with E-state index in [1.165, 1.54) is 43.2 Å². The number of benzene rings is 2. The monoisotopic (exact) mass is 376 g/mol. The highest BCUT2D eigenvalue weighted by Crippen LogP contribution is 2.40. The summed E-state index contributed by atoms with van der Waals surface area (Å²) in [7, 11) is 0. The van der Waals surface area contributed by atoms with Crippen LogP contribution in [0, 0.1) is 5.92 Å². The quantitative estimate of drug-likeness (QED) is 0.586. The number of hydrogen-bond acceptors (Lipinski definition) is 1. The number of aliphatic hydroxyl groups is 1. The first-order valence-corrected chi connectivity index (χ1v) is 11.5. The lowest BCUT2D eigenvalue weighted by atomic mass is 9.74. The largest absolute Gasteiger partial charge is 0.393 e. The van der Waals surface area contributed by atoms with Crippen molar-refractivity contribution in [1.29, 1.82) is 0 Å². The Labute approximate surface area is 171 Å². The van der Waals surface area contributed by atoms with Gasteiger partial charge in [-0.25, -0.2) is 0 Å². The molecule has 0 saturated heterocycles. The molecule has 1 atom stereocenters. The molecule has 2 aliphatic carbocycles. The first kappa shape index (κ1) is 19.7. The van der Waals surface area contributed by atoms with Gasteiger partial charge in [0.25, 0.3) is 0 Å². The summed E-state index contributed by atoms with van der Waals surface area (Å²) < 4.78 is 0. The predicted octanol–water partition coefficient (Wildman–Crippen LogP) is 7.17. The first-order chi connectivity index (χ1) is 13.7. The smallest absolute Gasteiger partial charge is 0.0540 e. The zero-order valence-corrected chi connectivity index (χ0v) is 17.4. The fourth-order valence-electron chi connectivity index (χ4n) is 5.60. The molecule has 0 bridgehead atoms. The Morgan fingerprint density at radius 3 is 1.75 bits per heavy atom. The van der Waals surface area contributed by atoms with Crippen molar-refractivity contribution in [3.8, 4) is 0 Å². The molecule has 1 N–H and O–H groups in total. The summed E-state index contributed by atoms with van der Waals surface area (Å²) in [6, 6.07) is 20.6. The molecule has 28 heavy (non-hydrogen) atoms.